The SMILES string of the molecule is Cc1cccc(-n2c(C)nnc2SCC(=O)Nc2cccc(Cl)c2C)c1. The van der Waals surface area contributed by atoms with E-state index in [1.165, 1.54) is 11.8 Å². The Morgan fingerprint density at radius 1 is 1.15 bits per heavy atom. The summed E-state index contributed by atoms with van der Waals surface area (Å²) in [5.74, 6) is 0.900. The molecule has 3 rings (SSSR count). The minimum atomic E-state index is -0.114. The van der Waals surface area contributed by atoms with Crippen LogP contribution in [0.2, 0.25) is 5.02 Å². The quantitative estimate of drug-likeness (QED) is 0.652. The molecule has 3 aromatic rings. The molecule has 0 saturated carbocycles. The molecule has 0 unspecified atom stereocenters. The van der Waals surface area contributed by atoms with E-state index in [0.29, 0.717) is 10.2 Å². The van der Waals surface area contributed by atoms with Crippen LogP contribution in [0.4, 0.5) is 5.69 Å². The lowest BCUT2D eigenvalue weighted by molar-refractivity contribution is -0.113. The second kappa shape index (κ2) is 7.93. The molecule has 0 fully saturated rings. The highest BCUT2D eigenvalue weighted by molar-refractivity contribution is 7.99. The van der Waals surface area contributed by atoms with Gasteiger partial charge in [0.15, 0.2) is 5.16 Å². The van der Waals surface area contributed by atoms with E-state index in [2.05, 4.69) is 21.6 Å². The number of hydrogen-bond donors (Lipinski definition) is 1. The van der Waals surface area contributed by atoms with Crippen LogP contribution in [-0.4, -0.2) is 26.4 Å². The Labute approximate surface area is 161 Å². The van der Waals surface area contributed by atoms with Gasteiger partial charge in [0, 0.05) is 16.4 Å². The molecule has 0 aliphatic rings. The zero-order valence-corrected chi connectivity index (χ0v) is 16.4. The number of nitrogens with one attached hydrogen (secondary N) is 1. The van der Waals surface area contributed by atoms with Gasteiger partial charge in [-0.1, -0.05) is 41.6 Å². The molecule has 134 valence electrons. The van der Waals surface area contributed by atoms with E-state index in [0.717, 1.165) is 28.3 Å². The Morgan fingerprint density at radius 2 is 1.92 bits per heavy atom. The third-order valence-corrected chi connectivity index (χ3v) is 5.27. The van der Waals surface area contributed by atoms with Gasteiger partial charge in [0.1, 0.15) is 5.82 Å². The molecule has 1 aromatic heterocycles. The first-order valence-electron chi connectivity index (χ1n) is 8.12. The van der Waals surface area contributed by atoms with Crippen LogP contribution in [-0.2, 0) is 4.79 Å². The maximum atomic E-state index is 12.3. The zero-order chi connectivity index (χ0) is 18.7. The van der Waals surface area contributed by atoms with Gasteiger partial charge in [0.25, 0.3) is 0 Å². The molecule has 26 heavy (non-hydrogen) atoms. The van der Waals surface area contributed by atoms with Crippen molar-refractivity contribution in [3.05, 3.63) is 64.4 Å². The fourth-order valence-corrected chi connectivity index (χ4v) is 3.53. The maximum absolute atomic E-state index is 12.3. The number of aromatic nitrogens is 3. The van der Waals surface area contributed by atoms with E-state index in [1.807, 2.05) is 55.7 Å². The normalized spacial score (nSPS) is 10.8. The van der Waals surface area contributed by atoms with Crippen LogP contribution in [0.1, 0.15) is 17.0 Å². The first-order valence-corrected chi connectivity index (χ1v) is 9.49. The number of hydrogen-bond acceptors (Lipinski definition) is 4. The summed E-state index contributed by atoms with van der Waals surface area (Å²) in [6.07, 6.45) is 0. The van der Waals surface area contributed by atoms with Crippen LogP contribution in [0.3, 0.4) is 0 Å². The number of carbonyl (C=O) groups excluding carboxylic acids is 1. The minimum Gasteiger partial charge on any atom is -0.325 e. The summed E-state index contributed by atoms with van der Waals surface area (Å²) in [5.41, 5.74) is 3.72. The van der Waals surface area contributed by atoms with E-state index >= 15 is 0 Å². The van der Waals surface area contributed by atoms with Gasteiger partial charge in [-0.2, -0.15) is 0 Å². The predicted molar refractivity (Wildman–Crippen MR) is 106 cm³/mol. The van der Waals surface area contributed by atoms with Crippen LogP contribution < -0.4 is 5.32 Å². The molecule has 1 heterocycles. The Hall–Kier alpha value is -2.31. The highest BCUT2D eigenvalue weighted by Crippen LogP contribution is 2.25. The lowest BCUT2D eigenvalue weighted by Gasteiger charge is -2.10. The van der Waals surface area contributed by atoms with Gasteiger partial charge in [0.2, 0.25) is 5.91 Å². The maximum Gasteiger partial charge on any atom is 0.234 e. The highest BCUT2D eigenvalue weighted by Gasteiger charge is 2.14. The standard InChI is InChI=1S/C19H19ClN4OS/c1-12-6-4-7-15(10-12)24-14(3)22-23-19(24)26-11-18(25)21-17-9-5-8-16(20)13(17)2/h4-10H,11H2,1-3H3,(H,21,25). The van der Waals surface area contributed by atoms with Crippen molar-refractivity contribution in [2.45, 2.75) is 25.9 Å². The average Bonchev–Trinajstić information content (AvgIpc) is 2.98. The van der Waals surface area contributed by atoms with Crippen molar-refractivity contribution < 1.29 is 4.79 Å². The first-order chi connectivity index (χ1) is 12.5. The summed E-state index contributed by atoms with van der Waals surface area (Å²) in [5, 5.41) is 12.6. The molecule has 7 heteroatoms. The fraction of sp³-hybridized carbons (Fsp3) is 0.211. The Balaban J connectivity index is 1.72. The van der Waals surface area contributed by atoms with Crippen LogP contribution in [0.25, 0.3) is 5.69 Å². The van der Waals surface area contributed by atoms with Crippen molar-refractivity contribution in [3.63, 3.8) is 0 Å². The zero-order valence-electron chi connectivity index (χ0n) is 14.8. The molecule has 0 bridgehead atoms. The predicted octanol–water partition coefficient (Wildman–Crippen LogP) is 4.58. The molecule has 1 amide bonds. The van der Waals surface area contributed by atoms with Crippen molar-refractivity contribution in [2.75, 3.05) is 11.1 Å². The number of aryl methyl sites for hydroxylation is 2. The number of halogens is 1. The van der Waals surface area contributed by atoms with Gasteiger partial charge in [-0.15, -0.1) is 10.2 Å². The molecular formula is C19H19ClN4OS. The summed E-state index contributed by atoms with van der Waals surface area (Å²) in [6, 6.07) is 13.6. The summed E-state index contributed by atoms with van der Waals surface area (Å²) >= 11 is 7.45. The topological polar surface area (TPSA) is 59.8 Å². The molecule has 2 aromatic carbocycles. The molecule has 0 saturated heterocycles. The third-order valence-electron chi connectivity index (χ3n) is 3.93. The van der Waals surface area contributed by atoms with Gasteiger partial charge < -0.3 is 5.32 Å². The monoisotopic (exact) mass is 386 g/mol. The van der Waals surface area contributed by atoms with E-state index in [1.54, 1.807) is 6.07 Å². The summed E-state index contributed by atoms with van der Waals surface area (Å²) in [7, 11) is 0. The summed E-state index contributed by atoms with van der Waals surface area (Å²) in [6.45, 7) is 5.81. The van der Waals surface area contributed by atoms with Gasteiger partial charge in [0.05, 0.1) is 5.75 Å². The van der Waals surface area contributed by atoms with Crippen LogP contribution in [0, 0.1) is 20.8 Å². The average molecular weight is 387 g/mol. The van der Waals surface area contributed by atoms with Crippen LogP contribution >= 0.6 is 23.4 Å². The number of thioether (sulfide) groups is 1. The van der Waals surface area contributed by atoms with E-state index in [9.17, 15) is 4.79 Å². The molecule has 0 radical (unpaired) electrons. The minimum absolute atomic E-state index is 0.114. The Morgan fingerprint density at radius 3 is 2.69 bits per heavy atom. The van der Waals surface area contributed by atoms with Gasteiger partial charge in [-0.25, -0.2) is 0 Å². The number of amides is 1. The van der Waals surface area contributed by atoms with E-state index < -0.39 is 0 Å². The lowest BCUT2D eigenvalue weighted by Crippen LogP contribution is -2.15. The number of benzene rings is 2. The smallest absolute Gasteiger partial charge is 0.234 e. The number of anilines is 1. The molecule has 1 N–H and O–H groups in total. The van der Waals surface area contributed by atoms with Gasteiger partial charge >= 0.3 is 0 Å². The molecule has 0 aliphatic heterocycles. The third kappa shape index (κ3) is 4.08. The lowest BCUT2D eigenvalue weighted by atomic mass is 10.2. The fourth-order valence-electron chi connectivity index (χ4n) is 2.56. The molecule has 0 aliphatic carbocycles. The first kappa shape index (κ1) is 18.5. The van der Waals surface area contributed by atoms with Gasteiger partial charge in [-0.05, 0) is 56.2 Å². The number of rotatable bonds is 5. The highest BCUT2D eigenvalue weighted by atomic mass is 35.5. The molecule has 5 nitrogen and oxygen atoms in total. The summed E-state index contributed by atoms with van der Waals surface area (Å²) < 4.78 is 1.95. The summed E-state index contributed by atoms with van der Waals surface area (Å²) in [4.78, 5) is 12.3. The van der Waals surface area contributed by atoms with Crippen molar-refractivity contribution >= 4 is 35.0 Å². The number of nitrogens with zero attached hydrogens (tertiary/aromatic N) is 3. The van der Waals surface area contributed by atoms with Gasteiger partial charge in [-0.3, -0.25) is 9.36 Å². The van der Waals surface area contributed by atoms with Crippen LogP contribution in [0.5, 0.6) is 0 Å². The second-order valence-corrected chi connectivity index (χ2v) is 7.30. The van der Waals surface area contributed by atoms with Crippen molar-refractivity contribution in [1.82, 2.24) is 14.8 Å². The number of carbonyl (C=O) groups is 1. The van der Waals surface area contributed by atoms with Crippen molar-refractivity contribution in [3.8, 4) is 5.69 Å². The van der Waals surface area contributed by atoms with Crippen LogP contribution in [0.15, 0.2) is 47.6 Å². The van der Waals surface area contributed by atoms with Crippen molar-refractivity contribution in [2.24, 2.45) is 0 Å². The largest absolute Gasteiger partial charge is 0.325 e. The molecule has 0 atom stereocenters. The van der Waals surface area contributed by atoms with E-state index in [4.69, 9.17) is 11.6 Å². The van der Waals surface area contributed by atoms with E-state index in [-0.39, 0.29) is 11.7 Å². The molecular weight excluding hydrogens is 368 g/mol. The Bertz CT molecular complexity index is 954. The Kier molecular flexibility index (Phi) is 5.64. The molecule has 0 spiro atoms. The second-order valence-electron chi connectivity index (χ2n) is 5.95. The van der Waals surface area contributed by atoms with Crippen molar-refractivity contribution in [1.29, 1.82) is 0 Å².